The second kappa shape index (κ2) is 12.1. The molecule has 4 aromatic carbocycles. The third kappa shape index (κ3) is 6.25. The summed E-state index contributed by atoms with van der Waals surface area (Å²) in [7, 11) is -3.82. The van der Waals surface area contributed by atoms with Gasteiger partial charge in [-0.2, -0.15) is 10.2 Å². The van der Waals surface area contributed by atoms with Crippen molar-refractivity contribution < 1.29 is 8.42 Å². The Bertz CT molecular complexity index is 1880. The summed E-state index contributed by atoms with van der Waals surface area (Å²) in [6.45, 7) is 2.20. The lowest BCUT2D eigenvalue weighted by molar-refractivity contribution is 0.606. The predicted molar refractivity (Wildman–Crippen MR) is 158 cm³/mol. The fourth-order valence-corrected chi connectivity index (χ4v) is 5.08. The summed E-state index contributed by atoms with van der Waals surface area (Å²) in [6, 6.07) is 25.6. The highest BCUT2D eigenvalue weighted by Gasteiger charge is 2.12. The van der Waals surface area contributed by atoms with E-state index in [0.29, 0.717) is 11.4 Å². The largest absolute Gasteiger partial charge is 0.372 e. The number of benzene rings is 4. The first-order valence-electron chi connectivity index (χ1n) is 12.6. The van der Waals surface area contributed by atoms with E-state index in [9.17, 15) is 8.42 Å². The zero-order chi connectivity index (χ0) is 27.8. The number of fused-ring (bicyclic) bond motifs is 1. The van der Waals surface area contributed by atoms with E-state index in [0.717, 1.165) is 35.2 Å². The van der Waals surface area contributed by atoms with Gasteiger partial charge in [-0.05, 0) is 85.3 Å². The van der Waals surface area contributed by atoms with Crippen LogP contribution >= 0.6 is 0 Å². The molecule has 0 radical (unpaired) electrons. The number of hydrogen-bond donors (Lipinski definition) is 0. The number of sulfone groups is 1. The van der Waals surface area contributed by atoms with Crippen molar-refractivity contribution in [2.45, 2.75) is 17.7 Å². The van der Waals surface area contributed by atoms with E-state index >= 15 is 0 Å². The standard InChI is InChI=1S/C32H23N5O2S/c1-2-3-4-9-24-40(38,39)28-18-14-26(15-19-28)34-36-32-21-20-31(29-10-5-6-11-30(29)32)35-33-25-12-16-27(17-13-25)37-22-7-8-23-37/h1,5-6,10-21H,7-8,22-23H2. The SMILES string of the molecule is C#CC#CC#CS(=O)(=O)c1ccc(N=Nc2ccc(N=Nc3ccc(N4CCCC4)cc3)c3ccccc23)cc1. The summed E-state index contributed by atoms with van der Waals surface area (Å²) < 4.78 is 24.6. The highest BCUT2D eigenvalue weighted by atomic mass is 32.2. The number of rotatable bonds is 6. The van der Waals surface area contributed by atoms with Crippen LogP contribution < -0.4 is 4.90 Å². The van der Waals surface area contributed by atoms with Gasteiger partial charge < -0.3 is 4.90 Å². The van der Waals surface area contributed by atoms with Crippen LogP contribution in [0.4, 0.5) is 28.4 Å². The number of azo groups is 2. The minimum atomic E-state index is -3.82. The molecule has 8 heteroatoms. The van der Waals surface area contributed by atoms with Gasteiger partial charge in [0.2, 0.25) is 9.84 Å². The van der Waals surface area contributed by atoms with Crippen molar-refractivity contribution in [1.82, 2.24) is 0 Å². The average molecular weight is 542 g/mol. The maximum atomic E-state index is 12.3. The summed E-state index contributed by atoms with van der Waals surface area (Å²) in [6.07, 6.45) is 7.48. The Labute approximate surface area is 233 Å². The molecule has 4 aromatic rings. The molecule has 1 heterocycles. The maximum absolute atomic E-state index is 12.3. The van der Waals surface area contributed by atoms with Gasteiger partial charge in [0.25, 0.3) is 0 Å². The van der Waals surface area contributed by atoms with Crippen LogP contribution in [-0.2, 0) is 9.84 Å². The van der Waals surface area contributed by atoms with Gasteiger partial charge in [-0.15, -0.1) is 16.7 Å². The van der Waals surface area contributed by atoms with Crippen LogP contribution in [-0.4, -0.2) is 21.5 Å². The summed E-state index contributed by atoms with van der Waals surface area (Å²) in [5, 5.41) is 21.5. The summed E-state index contributed by atoms with van der Waals surface area (Å²) in [5.74, 6) is 8.85. The van der Waals surface area contributed by atoms with Crippen LogP contribution in [0.3, 0.4) is 0 Å². The molecule has 0 unspecified atom stereocenters. The van der Waals surface area contributed by atoms with Gasteiger partial charge >= 0.3 is 0 Å². The summed E-state index contributed by atoms with van der Waals surface area (Å²) in [5.41, 5.74) is 3.87. The molecule has 1 fully saturated rings. The third-order valence-electron chi connectivity index (χ3n) is 6.27. The zero-order valence-electron chi connectivity index (χ0n) is 21.4. The number of hydrogen-bond acceptors (Lipinski definition) is 7. The van der Waals surface area contributed by atoms with Crippen molar-refractivity contribution in [1.29, 1.82) is 0 Å². The fraction of sp³-hybridized carbons (Fsp3) is 0.125. The third-order valence-corrected chi connectivity index (χ3v) is 7.54. The zero-order valence-corrected chi connectivity index (χ0v) is 22.3. The topological polar surface area (TPSA) is 86.8 Å². The Balaban J connectivity index is 1.34. The molecule has 40 heavy (non-hydrogen) atoms. The van der Waals surface area contributed by atoms with Crippen molar-refractivity contribution in [3.63, 3.8) is 0 Å². The van der Waals surface area contributed by atoms with Gasteiger partial charge in [0.05, 0.1) is 27.6 Å². The molecule has 1 saturated heterocycles. The van der Waals surface area contributed by atoms with Gasteiger partial charge in [0, 0.05) is 46.6 Å². The van der Waals surface area contributed by atoms with E-state index in [-0.39, 0.29) is 4.90 Å². The fourth-order valence-electron chi connectivity index (χ4n) is 4.28. The van der Waals surface area contributed by atoms with Gasteiger partial charge in [-0.25, -0.2) is 8.42 Å². The van der Waals surface area contributed by atoms with Crippen LogP contribution in [0.1, 0.15) is 12.8 Å². The monoisotopic (exact) mass is 541 g/mol. The van der Waals surface area contributed by atoms with Crippen LogP contribution in [0, 0.1) is 35.4 Å². The molecule has 7 nitrogen and oxygen atoms in total. The van der Waals surface area contributed by atoms with Crippen molar-refractivity contribution in [3.05, 3.63) is 84.9 Å². The molecule has 1 aliphatic rings. The molecule has 0 bridgehead atoms. The number of anilines is 1. The average Bonchev–Trinajstić information content (AvgIpc) is 3.53. The first kappa shape index (κ1) is 26.4. The molecule has 0 N–H and O–H groups in total. The van der Waals surface area contributed by atoms with Gasteiger partial charge in [-0.1, -0.05) is 24.3 Å². The molecule has 1 aliphatic heterocycles. The summed E-state index contributed by atoms with van der Waals surface area (Å²) in [4.78, 5) is 2.42. The van der Waals surface area contributed by atoms with Crippen molar-refractivity contribution >= 4 is 49.0 Å². The molecule has 194 valence electrons. The Morgan fingerprint density at radius 2 is 1.20 bits per heavy atom. The van der Waals surface area contributed by atoms with Crippen molar-refractivity contribution in [2.75, 3.05) is 18.0 Å². The van der Waals surface area contributed by atoms with Gasteiger partial charge in [0.15, 0.2) is 0 Å². The predicted octanol–water partition coefficient (Wildman–Crippen LogP) is 7.64. The molecule has 0 spiro atoms. The number of nitrogens with zero attached hydrogens (tertiary/aromatic N) is 5. The molecule has 0 saturated carbocycles. The first-order valence-corrected chi connectivity index (χ1v) is 14.0. The molecular formula is C32H23N5O2S. The van der Waals surface area contributed by atoms with E-state index < -0.39 is 9.84 Å². The molecule has 5 rings (SSSR count). The second-order valence-corrected chi connectivity index (χ2v) is 10.6. The van der Waals surface area contributed by atoms with Crippen molar-refractivity contribution in [2.24, 2.45) is 20.5 Å². The Kier molecular flexibility index (Phi) is 7.97. The minimum absolute atomic E-state index is 0.0345. The highest BCUT2D eigenvalue weighted by Crippen LogP contribution is 2.35. The first-order chi connectivity index (χ1) is 19.5. The lowest BCUT2D eigenvalue weighted by Gasteiger charge is -2.17. The number of terminal acetylenes is 1. The normalized spacial score (nSPS) is 13.1. The van der Waals surface area contributed by atoms with E-state index in [2.05, 4.69) is 66.4 Å². The molecular weight excluding hydrogens is 518 g/mol. The van der Waals surface area contributed by atoms with E-state index in [4.69, 9.17) is 6.42 Å². The van der Waals surface area contributed by atoms with E-state index in [1.165, 1.54) is 30.7 Å². The lowest BCUT2D eigenvalue weighted by atomic mass is 10.1. The lowest BCUT2D eigenvalue weighted by Crippen LogP contribution is -2.17. The van der Waals surface area contributed by atoms with Crippen LogP contribution in [0.2, 0.25) is 0 Å². The summed E-state index contributed by atoms with van der Waals surface area (Å²) >= 11 is 0. The second-order valence-electron chi connectivity index (χ2n) is 8.88. The van der Waals surface area contributed by atoms with E-state index in [1.807, 2.05) is 48.5 Å². The Hall–Kier alpha value is -5.23. The van der Waals surface area contributed by atoms with Crippen LogP contribution in [0.15, 0.2) is 110 Å². The smallest absolute Gasteiger partial charge is 0.246 e. The van der Waals surface area contributed by atoms with Gasteiger partial charge in [0.1, 0.15) is 0 Å². The van der Waals surface area contributed by atoms with Gasteiger partial charge in [-0.3, -0.25) is 0 Å². The van der Waals surface area contributed by atoms with Crippen LogP contribution in [0.5, 0.6) is 0 Å². The Morgan fingerprint density at radius 1 is 0.650 bits per heavy atom. The van der Waals surface area contributed by atoms with Crippen LogP contribution in [0.25, 0.3) is 10.8 Å². The van der Waals surface area contributed by atoms with Crippen molar-refractivity contribution in [3.8, 4) is 35.4 Å². The quantitative estimate of drug-likeness (QED) is 0.143. The Morgan fingerprint density at radius 3 is 1.75 bits per heavy atom. The molecule has 0 aromatic heterocycles. The highest BCUT2D eigenvalue weighted by molar-refractivity contribution is 7.96. The molecule has 0 atom stereocenters. The molecule has 0 aliphatic carbocycles. The van der Waals surface area contributed by atoms with E-state index in [1.54, 1.807) is 12.1 Å². The minimum Gasteiger partial charge on any atom is -0.372 e. The molecule has 0 amide bonds. The maximum Gasteiger partial charge on any atom is 0.246 e.